The van der Waals surface area contributed by atoms with Gasteiger partial charge >= 0.3 is 0 Å². The molecule has 0 unspecified atom stereocenters. The fourth-order valence-corrected chi connectivity index (χ4v) is 3.34. The summed E-state index contributed by atoms with van der Waals surface area (Å²) in [6, 6.07) is 16.2. The van der Waals surface area contributed by atoms with E-state index in [1.807, 2.05) is 29.2 Å². The molecule has 3 rings (SSSR count). The minimum Gasteiger partial charge on any atom is -0.497 e. The van der Waals surface area contributed by atoms with Gasteiger partial charge in [0.1, 0.15) is 18.0 Å². The predicted molar refractivity (Wildman–Crippen MR) is 105 cm³/mol. The fraction of sp³-hybridized carbons (Fsp3) is 0.409. The molecule has 0 aliphatic carbocycles. The molecule has 1 amide bonds. The van der Waals surface area contributed by atoms with Crippen LogP contribution < -0.4 is 14.4 Å². The molecule has 1 heterocycles. The van der Waals surface area contributed by atoms with Gasteiger partial charge in [0.2, 0.25) is 0 Å². The number of ether oxygens (including phenoxy) is 2. The molecule has 1 fully saturated rings. The lowest BCUT2D eigenvalue weighted by Gasteiger charge is -2.32. The van der Waals surface area contributed by atoms with Gasteiger partial charge in [-0.05, 0) is 36.2 Å². The summed E-state index contributed by atoms with van der Waals surface area (Å²) < 4.78 is 10.7. The number of nitrogens with one attached hydrogen (secondary N) is 1. The first-order chi connectivity index (χ1) is 13.2. The lowest BCUT2D eigenvalue weighted by Crippen LogP contribution is -3.13. The minimum absolute atomic E-state index is 0.0529. The number of quaternary nitrogens is 1. The monoisotopic (exact) mass is 369 g/mol. The third kappa shape index (κ3) is 5.47. The van der Waals surface area contributed by atoms with Crippen molar-refractivity contribution in [2.24, 2.45) is 0 Å². The molecule has 1 aliphatic heterocycles. The summed E-state index contributed by atoms with van der Waals surface area (Å²) in [5, 5.41) is 0. The number of methoxy groups -OCH3 is 1. The van der Waals surface area contributed by atoms with Gasteiger partial charge in [0.15, 0.2) is 6.61 Å². The van der Waals surface area contributed by atoms with Crippen LogP contribution in [-0.2, 0) is 17.8 Å². The zero-order valence-electron chi connectivity index (χ0n) is 16.2. The topological polar surface area (TPSA) is 43.2 Å². The number of nitrogens with zero attached hydrogens (tertiary/aromatic N) is 1. The molecular formula is C22H29N2O3+. The van der Waals surface area contributed by atoms with Crippen molar-refractivity contribution >= 4 is 5.91 Å². The van der Waals surface area contributed by atoms with E-state index in [2.05, 4.69) is 31.2 Å². The third-order valence-electron chi connectivity index (χ3n) is 5.13. The first kappa shape index (κ1) is 19.2. The number of carbonyl (C=O) groups is 1. The van der Waals surface area contributed by atoms with Crippen molar-refractivity contribution in [3.05, 3.63) is 59.7 Å². The summed E-state index contributed by atoms with van der Waals surface area (Å²) in [5.74, 6) is 1.51. The van der Waals surface area contributed by atoms with Gasteiger partial charge in [0, 0.05) is 5.56 Å². The van der Waals surface area contributed by atoms with Crippen molar-refractivity contribution in [1.29, 1.82) is 0 Å². The van der Waals surface area contributed by atoms with Crippen LogP contribution in [0.25, 0.3) is 0 Å². The molecule has 1 N–H and O–H groups in total. The number of piperazine rings is 1. The molecule has 0 spiro atoms. The number of benzene rings is 2. The van der Waals surface area contributed by atoms with E-state index in [4.69, 9.17) is 9.47 Å². The van der Waals surface area contributed by atoms with E-state index >= 15 is 0 Å². The van der Waals surface area contributed by atoms with Crippen LogP contribution in [0.15, 0.2) is 48.5 Å². The Labute approximate surface area is 161 Å². The number of carbonyl (C=O) groups excluding carboxylic acids is 1. The molecular weight excluding hydrogens is 340 g/mol. The molecule has 0 saturated carbocycles. The second-order valence-corrected chi connectivity index (χ2v) is 6.94. The Bertz CT molecular complexity index is 720. The number of amides is 1. The summed E-state index contributed by atoms with van der Waals surface area (Å²) in [4.78, 5) is 15.8. The molecule has 2 aromatic rings. The Morgan fingerprint density at radius 1 is 0.963 bits per heavy atom. The van der Waals surface area contributed by atoms with Crippen LogP contribution in [0.5, 0.6) is 11.5 Å². The maximum absolute atomic E-state index is 12.4. The number of hydrogen-bond acceptors (Lipinski definition) is 3. The van der Waals surface area contributed by atoms with Gasteiger partial charge in [-0.2, -0.15) is 0 Å². The molecule has 1 aliphatic rings. The average Bonchev–Trinajstić information content (AvgIpc) is 2.73. The SMILES string of the molecule is CCc1ccc(C[NH+]2CCN(C(=O)COc3ccc(OC)cc3)CC2)cc1. The molecule has 2 aromatic carbocycles. The standard InChI is InChI=1S/C22H28N2O3/c1-3-18-4-6-19(7-5-18)16-23-12-14-24(15-13-23)22(25)17-27-21-10-8-20(26-2)9-11-21/h4-11H,3,12-17H2,1-2H3/p+1. The van der Waals surface area contributed by atoms with Crippen molar-refractivity contribution < 1.29 is 19.2 Å². The van der Waals surface area contributed by atoms with Crippen LogP contribution in [0.3, 0.4) is 0 Å². The maximum Gasteiger partial charge on any atom is 0.260 e. The fourth-order valence-electron chi connectivity index (χ4n) is 3.34. The summed E-state index contributed by atoms with van der Waals surface area (Å²) in [7, 11) is 1.63. The van der Waals surface area contributed by atoms with Crippen LogP contribution in [0.4, 0.5) is 0 Å². The summed E-state index contributed by atoms with van der Waals surface area (Å²) >= 11 is 0. The van der Waals surface area contributed by atoms with Crippen LogP contribution >= 0.6 is 0 Å². The van der Waals surface area contributed by atoms with E-state index in [1.165, 1.54) is 16.0 Å². The molecule has 144 valence electrons. The third-order valence-corrected chi connectivity index (χ3v) is 5.13. The van der Waals surface area contributed by atoms with Crippen molar-refractivity contribution in [2.45, 2.75) is 19.9 Å². The molecule has 5 heteroatoms. The Hall–Kier alpha value is -2.53. The quantitative estimate of drug-likeness (QED) is 0.806. The van der Waals surface area contributed by atoms with E-state index < -0.39 is 0 Å². The van der Waals surface area contributed by atoms with Gasteiger partial charge in [-0.25, -0.2) is 0 Å². The summed E-state index contributed by atoms with van der Waals surface area (Å²) in [6.45, 7) is 6.80. The van der Waals surface area contributed by atoms with Crippen LogP contribution in [0.1, 0.15) is 18.1 Å². The Kier molecular flexibility index (Phi) is 6.71. The zero-order valence-corrected chi connectivity index (χ0v) is 16.2. The first-order valence-corrected chi connectivity index (χ1v) is 9.64. The normalized spacial score (nSPS) is 14.8. The largest absolute Gasteiger partial charge is 0.497 e. The minimum atomic E-state index is 0.0529. The van der Waals surface area contributed by atoms with E-state index in [9.17, 15) is 4.79 Å². The predicted octanol–water partition coefficient (Wildman–Crippen LogP) is 1.56. The van der Waals surface area contributed by atoms with Crippen LogP contribution in [0.2, 0.25) is 0 Å². The molecule has 0 aromatic heterocycles. The van der Waals surface area contributed by atoms with E-state index in [-0.39, 0.29) is 12.5 Å². The maximum atomic E-state index is 12.4. The lowest BCUT2D eigenvalue weighted by molar-refractivity contribution is -0.917. The Morgan fingerprint density at radius 2 is 1.56 bits per heavy atom. The first-order valence-electron chi connectivity index (χ1n) is 9.64. The highest BCUT2D eigenvalue weighted by Gasteiger charge is 2.24. The van der Waals surface area contributed by atoms with Gasteiger partial charge in [0.05, 0.1) is 33.3 Å². The van der Waals surface area contributed by atoms with E-state index in [0.29, 0.717) is 5.75 Å². The molecule has 0 radical (unpaired) electrons. The van der Waals surface area contributed by atoms with Crippen molar-refractivity contribution in [2.75, 3.05) is 39.9 Å². The molecule has 0 bridgehead atoms. The van der Waals surface area contributed by atoms with E-state index in [0.717, 1.165) is 44.9 Å². The highest BCUT2D eigenvalue weighted by atomic mass is 16.5. The highest BCUT2D eigenvalue weighted by molar-refractivity contribution is 5.77. The zero-order chi connectivity index (χ0) is 19.1. The number of aryl methyl sites for hydroxylation is 1. The van der Waals surface area contributed by atoms with Gasteiger partial charge in [-0.15, -0.1) is 0 Å². The van der Waals surface area contributed by atoms with E-state index in [1.54, 1.807) is 7.11 Å². The highest BCUT2D eigenvalue weighted by Crippen LogP contribution is 2.17. The second-order valence-electron chi connectivity index (χ2n) is 6.94. The molecule has 5 nitrogen and oxygen atoms in total. The smallest absolute Gasteiger partial charge is 0.260 e. The number of rotatable bonds is 7. The molecule has 27 heavy (non-hydrogen) atoms. The van der Waals surface area contributed by atoms with Gasteiger partial charge in [-0.1, -0.05) is 31.2 Å². The lowest BCUT2D eigenvalue weighted by atomic mass is 10.1. The molecule has 1 saturated heterocycles. The van der Waals surface area contributed by atoms with Crippen LogP contribution in [0, 0.1) is 0 Å². The van der Waals surface area contributed by atoms with Gasteiger partial charge in [-0.3, -0.25) is 4.79 Å². The number of hydrogen-bond donors (Lipinski definition) is 1. The Balaban J connectivity index is 1.41. The second kappa shape index (κ2) is 9.42. The van der Waals surface area contributed by atoms with Crippen molar-refractivity contribution in [3.8, 4) is 11.5 Å². The van der Waals surface area contributed by atoms with Crippen LogP contribution in [-0.4, -0.2) is 50.7 Å². The Morgan fingerprint density at radius 3 is 2.15 bits per heavy atom. The van der Waals surface area contributed by atoms with Crippen molar-refractivity contribution in [1.82, 2.24) is 4.90 Å². The van der Waals surface area contributed by atoms with Gasteiger partial charge in [0.25, 0.3) is 5.91 Å². The average molecular weight is 369 g/mol. The van der Waals surface area contributed by atoms with Crippen molar-refractivity contribution in [3.63, 3.8) is 0 Å². The van der Waals surface area contributed by atoms with Gasteiger partial charge < -0.3 is 19.3 Å². The molecule has 0 atom stereocenters. The summed E-state index contributed by atoms with van der Waals surface area (Å²) in [6.07, 6.45) is 1.08. The summed E-state index contributed by atoms with van der Waals surface area (Å²) in [5.41, 5.74) is 2.74.